The van der Waals surface area contributed by atoms with Crippen molar-refractivity contribution in [2.45, 2.75) is 19.9 Å². The first kappa shape index (κ1) is 20.3. The molecule has 29 heavy (non-hydrogen) atoms. The zero-order chi connectivity index (χ0) is 20.6. The number of methoxy groups -OCH3 is 1. The number of hydrogen-bond donors (Lipinski definition) is 1. The molecule has 0 atom stereocenters. The molecule has 150 valence electrons. The van der Waals surface area contributed by atoms with Crippen LogP contribution in [0.5, 0.6) is 5.75 Å². The Morgan fingerprint density at radius 2 is 1.79 bits per heavy atom. The molecular formula is C23H26N4O2. The van der Waals surface area contributed by atoms with E-state index in [1.54, 1.807) is 13.2 Å². The number of benzene rings is 2. The van der Waals surface area contributed by atoms with Crippen LogP contribution in [0.4, 0.5) is 5.95 Å². The number of aromatic nitrogens is 2. The Labute approximate surface area is 171 Å². The summed E-state index contributed by atoms with van der Waals surface area (Å²) in [4.78, 5) is 23.5. The van der Waals surface area contributed by atoms with Gasteiger partial charge in [-0.1, -0.05) is 48.5 Å². The van der Waals surface area contributed by atoms with Crippen molar-refractivity contribution in [3.05, 3.63) is 83.2 Å². The Kier molecular flexibility index (Phi) is 6.79. The summed E-state index contributed by atoms with van der Waals surface area (Å²) in [6.45, 7) is 3.03. The summed E-state index contributed by atoms with van der Waals surface area (Å²) in [5.74, 6) is 1.15. The van der Waals surface area contributed by atoms with Crippen molar-refractivity contribution in [1.82, 2.24) is 15.3 Å². The van der Waals surface area contributed by atoms with Crippen LogP contribution in [0.2, 0.25) is 0 Å². The van der Waals surface area contributed by atoms with Crippen molar-refractivity contribution >= 4 is 11.9 Å². The van der Waals surface area contributed by atoms with Crippen molar-refractivity contribution in [2.24, 2.45) is 0 Å². The summed E-state index contributed by atoms with van der Waals surface area (Å²) in [5, 5.41) is 2.94. The molecule has 0 aliphatic rings. The van der Waals surface area contributed by atoms with Gasteiger partial charge in [-0.05, 0) is 36.6 Å². The average molecular weight is 390 g/mol. The van der Waals surface area contributed by atoms with Gasteiger partial charge in [0.25, 0.3) is 5.91 Å². The molecule has 0 saturated heterocycles. The summed E-state index contributed by atoms with van der Waals surface area (Å²) in [6.07, 6.45) is 0.681. The summed E-state index contributed by atoms with van der Waals surface area (Å²) in [6, 6.07) is 19.6. The van der Waals surface area contributed by atoms with E-state index in [9.17, 15) is 4.79 Å². The van der Waals surface area contributed by atoms with Crippen LogP contribution in [0.15, 0.2) is 60.7 Å². The van der Waals surface area contributed by atoms with E-state index >= 15 is 0 Å². The van der Waals surface area contributed by atoms with Crippen molar-refractivity contribution in [1.29, 1.82) is 0 Å². The number of nitrogens with one attached hydrogen (secondary N) is 1. The van der Waals surface area contributed by atoms with Gasteiger partial charge in [-0.3, -0.25) is 4.79 Å². The van der Waals surface area contributed by atoms with E-state index in [0.717, 1.165) is 22.6 Å². The SMILES string of the molecule is COc1ccccc1CCNC(=O)c1cc(C)nc(N(C)Cc2ccccc2)n1. The first-order valence-electron chi connectivity index (χ1n) is 9.57. The third-order valence-corrected chi connectivity index (χ3v) is 4.55. The minimum absolute atomic E-state index is 0.209. The molecule has 1 amide bonds. The molecule has 3 aromatic rings. The molecule has 0 aliphatic heterocycles. The van der Waals surface area contributed by atoms with Gasteiger partial charge in [-0.15, -0.1) is 0 Å². The van der Waals surface area contributed by atoms with Crippen LogP contribution in [0.1, 0.15) is 27.3 Å². The van der Waals surface area contributed by atoms with Crippen LogP contribution in [0, 0.1) is 6.92 Å². The normalized spacial score (nSPS) is 10.4. The summed E-state index contributed by atoms with van der Waals surface area (Å²) in [7, 11) is 3.57. The van der Waals surface area contributed by atoms with Crippen molar-refractivity contribution < 1.29 is 9.53 Å². The van der Waals surface area contributed by atoms with Crippen LogP contribution >= 0.6 is 0 Å². The van der Waals surface area contributed by atoms with E-state index in [-0.39, 0.29) is 5.91 Å². The topological polar surface area (TPSA) is 67.3 Å². The lowest BCUT2D eigenvalue weighted by Gasteiger charge is -2.18. The molecule has 0 radical (unpaired) electrons. The highest BCUT2D eigenvalue weighted by Gasteiger charge is 2.13. The standard InChI is InChI=1S/C23H26N4O2/c1-17-15-20(22(28)24-14-13-19-11-7-8-12-21(19)29-3)26-23(25-17)27(2)16-18-9-5-4-6-10-18/h4-12,15H,13-14,16H2,1-3H3,(H,24,28). The van der Waals surface area contributed by atoms with Gasteiger partial charge in [0.15, 0.2) is 0 Å². The smallest absolute Gasteiger partial charge is 0.270 e. The van der Waals surface area contributed by atoms with Crippen LogP contribution < -0.4 is 15.0 Å². The Bertz CT molecular complexity index is 960. The highest BCUT2D eigenvalue weighted by Crippen LogP contribution is 2.17. The van der Waals surface area contributed by atoms with Crippen LogP contribution in [-0.4, -0.2) is 36.6 Å². The number of hydrogen-bond acceptors (Lipinski definition) is 5. The van der Waals surface area contributed by atoms with E-state index in [1.807, 2.05) is 61.3 Å². The Hall–Kier alpha value is -3.41. The van der Waals surface area contributed by atoms with E-state index < -0.39 is 0 Å². The average Bonchev–Trinajstić information content (AvgIpc) is 2.74. The van der Waals surface area contributed by atoms with Gasteiger partial charge in [0, 0.05) is 25.8 Å². The number of nitrogens with zero attached hydrogens (tertiary/aromatic N) is 3. The van der Waals surface area contributed by atoms with Gasteiger partial charge < -0.3 is 15.0 Å². The zero-order valence-electron chi connectivity index (χ0n) is 17.1. The Morgan fingerprint density at radius 1 is 1.07 bits per heavy atom. The van der Waals surface area contributed by atoms with E-state index in [2.05, 4.69) is 27.4 Å². The minimum atomic E-state index is -0.209. The molecule has 0 fully saturated rings. The second-order valence-corrected chi connectivity index (χ2v) is 6.85. The number of carbonyl (C=O) groups excluding carboxylic acids is 1. The molecular weight excluding hydrogens is 364 g/mol. The van der Waals surface area contributed by atoms with Crippen LogP contribution in [0.25, 0.3) is 0 Å². The maximum absolute atomic E-state index is 12.6. The molecule has 3 rings (SSSR count). The van der Waals surface area contributed by atoms with Crippen LogP contribution in [-0.2, 0) is 13.0 Å². The van der Waals surface area contributed by atoms with Crippen molar-refractivity contribution in [3.8, 4) is 5.75 Å². The fraction of sp³-hybridized carbons (Fsp3) is 0.261. The van der Waals surface area contributed by atoms with E-state index in [1.165, 1.54) is 0 Å². The first-order valence-corrected chi connectivity index (χ1v) is 9.57. The monoisotopic (exact) mass is 390 g/mol. The maximum atomic E-state index is 12.6. The molecule has 0 saturated carbocycles. The fourth-order valence-electron chi connectivity index (χ4n) is 3.08. The largest absolute Gasteiger partial charge is 0.496 e. The van der Waals surface area contributed by atoms with Gasteiger partial charge in [0.1, 0.15) is 11.4 Å². The summed E-state index contributed by atoms with van der Waals surface area (Å²) in [5.41, 5.74) is 3.33. The van der Waals surface area contributed by atoms with E-state index in [4.69, 9.17) is 4.74 Å². The third-order valence-electron chi connectivity index (χ3n) is 4.55. The summed E-state index contributed by atoms with van der Waals surface area (Å²) < 4.78 is 5.36. The Balaban J connectivity index is 1.64. The lowest BCUT2D eigenvalue weighted by molar-refractivity contribution is 0.0949. The molecule has 0 bridgehead atoms. The molecule has 0 unspecified atom stereocenters. The predicted octanol–water partition coefficient (Wildman–Crippen LogP) is 3.40. The maximum Gasteiger partial charge on any atom is 0.270 e. The molecule has 1 N–H and O–H groups in total. The van der Waals surface area contributed by atoms with Crippen LogP contribution in [0.3, 0.4) is 0 Å². The number of anilines is 1. The minimum Gasteiger partial charge on any atom is -0.496 e. The number of carbonyl (C=O) groups is 1. The second-order valence-electron chi connectivity index (χ2n) is 6.85. The van der Waals surface area contributed by atoms with Gasteiger partial charge in [-0.25, -0.2) is 9.97 Å². The number of rotatable bonds is 8. The molecule has 1 aromatic heterocycles. The molecule has 2 aromatic carbocycles. The van der Waals surface area contributed by atoms with Gasteiger partial charge in [-0.2, -0.15) is 0 Å². The quantitative estimate of drug-likeness (QED) is 0.638. The highest BCUT2D eigenvalue weighted by molar-refractivity contribution is 5.92. The molecule has 1 heterocycles. The summed E-state index contributed by atoms with van der Waals surface area (Å²) >= 11 is 0. The van der Waals surface area contributed by atoms with Crippen molar-refractivity contribution in [2.75, 3.05) is 25.6 Å². The number of ether oxygens (including phenoxy) is 1. The number of aryl methyl sites for hydroxylation is 1. The zero-order valence-corrected chi connectivity index (χ0v) is 17.1. The fourth-order valence-corrected chi connectivity index (χ4v) is 3.08. The van der Waals surface area contributed by atoms with Gasteiger partial charge >= 0.3 is 0 Å². The first-order chi connectivity index (χ1) is 14.1. The number of amides is 1. The molecule has 6 heteroatoms. The van der Waals surface area contributed by atoms with Gasteiger partial charge in [0.2, 0.25) is 5.95 Å². The van der Waals surface area contributed by atoms with E-state index in [0.29, 0.717) is 31.2 Å². The molecule has 0 spiro atoms. The Morgan fingerprint density at radius 3 is 2.55 bits per heavy atom. The lowest BCUT2D eigenvalue weighted by atomic mass is 10.1. The predicted molar refractivity (Wildman–Crippen MR) is 114 cm³/mol. The highest BCUT2D eigenvalue weighted by atomic mass is 16.5. The number of para-hydroxylation sites is 1. The lowest BCUT2D eigenvalue weighted by Crippen LogP contribution is -2.28. The molecule has 6 nitrogen and oxygen atoms in total. The molecule has 0 aliphatic carbocycles. The van der Waals surface area contributed by atoms with Gasteiger partial charge in [0.05, 0.1) is 7.11 Å². The van der Waals surface area contributed by atoms with Crippen molar-refractivity contribution in [3.63, 3.8) is 0 Å². The third kappa shape index (κ3) is 5.54. The second kappa shape index (κ2) is 9.68.